The van der Waals surface area contributed by atoms with Crippen LogP contribution in [0, 0.1) is 13.8 Å². The number of ether oxygens (including phenoxy) is 6. The lowest BCUT2D eigenvalue weighted by Crippen LogP contribution is -2.49. The van der Waals surface area contributed by atoms with Crippen molar-refractivity contribution in [3.63, 3.8) is 0 Å². The summed E-state index contributed by atoms with van der Waals surface area (Å²) in [6.07, 6.45) is 3.85. The maximum Gasteiger partial charge on any atom is 0.338 e. The number of halogens is 4. The summed E-state index contributed by atoms with van der Waals surface area (Å²) in [4.78, 5) is 74.8. The maximum absolute atomic E-state index is 13.2. The van der Waals surface area contributed by atoms with Crippen LogP contribution in [0.15, 0.2) is 47.0 Å². The van der Waals surface area contributed by atoms with Crippen LogP contribution < -0.4 is 9.47 Å². The number of carbonyl (C=O) groups excluding carboxylic acids is 6. The summed E-state index contributed by atoms with van der Waals surface area (Å²) in [6, 6.07) is 0. The van der Waals surface area contributed by atoms with Gasteiger partial charge in [0, 0.05) is 24.3 Å². The number of carbonyl (C=O) groups is 6. The molecule has 2 aliphatic carbocycles. The van der Waals surface area contributed by atoms with Crippen LogP contribution in [0.1, 0.15) is 31.8 Å². The van der Waals surface area contributed by atoms with Crippen LogP contribution >= 0.6 is 46.4 Å². The third-order valence-corrected chi connectivity index (χ3v) is 10.3. The van der Waals surface area contributed by atoms with Gasteiger partial charge in [-0.05, 0) is 25.0 Å². The van der Waals surface area contributed by atoms with E-state index in [0.29, 0.717) is 0 Å². The first-order chi connectivity index (χ1) is 24.4. The van der Waals surface area contributed by atoms with Gasteiger partial charge >= 0.3 is 11.9 Å². The lowest BCUT2D eigenvalue weighted by Gasteiger charge is -2.31. The molecular weight excluding hydrogens is 774 g/mol. The standard InChI is InChI=1S/2C17H12Cl2O7/c2*1-6-11(18)13(21)10-14(12(6)19)26-17(15(10)22)8(16(23)25-3)4-7(20)5-9(17)24-2/h2*4-5,21H,1-3H3/t2*17-/m11/s1. The van der Waals surface area contributed by atoms with Crippen molar-refractivity contribution in [1.82, 2.24) is 0 Å². The molecule has 14 nitrogen and oxygen atoms in total. The SMILES string of the molecule is COC(=O)C1=CC(=O)C=C(OC)[C@]12Oc1c(Cl)c(C)c(Cl)c(O)c1C2=O.COC(=O)C1=CC(=O)C=C(OC)[C@]12Oc1c(Cl)c(C)c(Cl)c(O)c1C2=O. The van der Waals surface area contributed by atoms with Gasteiger partial charge in [-0.15, -0.1) is 0 Å². The first-order valence-corrected chi connectivity index (χ1v) is 16.0. The van der Waals surface area contributed by atoms with Crippen molar-refractivity contribution in [2.75, 3.05) is 28.4 Å². The Hall–Kier alpha value is -5.02. The molecule has 0 saturated heterocycles. The first kappa shape index (κ1) is 38.2. The molecule has 2 atom stereocenters. The van der Waals surface area contributed by atoms with E-state index in [1.165, 1.54) is 28.1 Å². The molecule has 2 aliphatic heterocycles. The number of methoxy groups -OCH3 is 4. The van der Waals surface area contributed by atoms with Gasteiger partial charge in [0.1, 0.15) is 33.8 Å². The molecule has 2 aromatic carbocycles. The van der Waals surface area contributed by atoms with Gasteiger partial charge in [-0.3, -0.25) is 19.2 Å². The van der Waals surface area contributed by atoms with Gasteiger partial charge in [0.05, 0.1) is 48.5 Å². The number of fused-ring (bicyclic) bond motifs is 2. The highest BCUT2D eigenvalue weighted by Gasteiger charge is 2.62. The molecule has 18 heteroatoms. The molecule has 2 heterocycles. The van der Waals surface area contributed by atoms with Gasteiger partial charge < -0.3 is 38.6 Å². The Morgan fingerprint density at radius 3 is 1.21 bits per heavy atom. The summed E-state index contributed by atoms with van der Waals surface area (Å²) in [5, 5.41) is 20.4. The van der Waals surface area contributed by atoms with Crippen molar-refractivity contribution in [2.45, 2.75) is 25.0 Å². The van der Waals surface area contributed by atoms with Crippen LogP contribution in [0.3, 0.4) is 0 Å². The quantitative estimate of drug-likeness (QED) is 0.389. The summed E-state index contributed by atoms with van der Waals surface area (Å²) in [5.41, 5.74) is -5.12. The third kappa shape index (κ3) is 5.23. The van der Waals surface area contributed by atoms with Crippen LogP contribution in [0.4, 0.5) is 0 Å². The number of ketones is 4. The number of phenols is 2. The van der Waals surface area contributed by atoms with E-state index < -0.39 is 68.9 Å². The second-order valence-corrected chi connectivity index (χ2v) is 12.7. The van der Waals surface area contributed by atoms with Crippen molar-refractivity contribution in [3.05, 3.63) is 89.3 Å². The normalized spacial score (nSPS) is 21.1. The number of aromatic hydroxyl groups is 2. The van der Waals surface area contributed by atoms with E-state index in [2.05, 4.69) is 9.47 Å². The summed E-state index contributed by atoms with van der Waals surface area (Å²) >= 11 is 24.5. The largest absolute Gasteiger partial charge is 0.505 e. The molecule has 4 aliphatic rings. The van der Waals surface area contributed by atoms with Gasteiger partial charge in [0.2, 0.25) is 11.6 Å². The van der Waals surface area contributed by atoms with Crippen molar-refractivity contribution >= 4 is 81.5 Å². The highest BCUT2D eigenvalue weighted by atomic mass is 35.5. The number of hydrogen-bond donors (Lipinski definition) is 2. The molecule has 0 saturated carbocycles. The Morgan fingerprint density at radius 1 is 0.596 bits per heavy atom. The van der Waals surface area contributed by atoms with Crippen LogP contribution in [0.5, 0.6) is 23.0 Å². The van der Waals surface area contributed by atoms with E-state index in [1.54, 1.807) is 0 Å². The zero-order valence-corrected chi connectivity index (χ0v) is 30.6. The molecule has 0 radical (unpaired) electrons. The highest BCUT2D eigenvalue weighted by molar-refractivity contribution is 6.41. The van der Waals surface area contributed by atoms with Gasteiger partial charge in [0.25, 0.3) is 11.2 Å². The van der Waals surface area contributed by atoms with E-state index in [4.69, 9.17) is 65.4 Å². The topological polar surface area (TPSA) is 198 Å². The van der Waals surface area contributed by atoms with Gasteiger partial charge in [-0.1, -0.05) is 46.4 Å². The zero-order valence-electron chi connectivity index (χ0n) is 27.6. The number of hydrogen-bond acceptors (Lipinski definition) is 14. The van der Waals surface area contributed by atoms with E-state index in [-0.39, 0.29) is 65.4 Å². The Bertz CT molecular complexity index is 2040. The van der Waals surface area contributed by atoms with Crippen molar-refractivity contribution in [2.24, 2.45) is 0 Å². The summed E-state index contributed by atoms with van der Waals surface area (Å²) < 4.78 is 31.2. The van der Waals surface area contributed by atoms with Crippen LogP contribution in [0.2, 0.25) is 20.1 Å². The molecule has 0 fully saturated rings. The van der Waals surface area contributed by atoms with E-state index >= 15 is 0 Å². The minimum atomic E-state index is -2.14. The number of allylic oxidation sites excluding steroid dienone is 4. The van der Waals surface area contributed by atoms with Gasteiger partial charge in [0.15, 0.2) is 34.6 Å². The molecule has 52 heavy (non-hydrogen) atoms. The van der Waals surface area contributed by atoms with Gasteiger partial charge in [-0.25, -0.2) is 9.59 Å². The molecule has 2 spiro atoms. The predicted octanol–water partition coefficient (Wildman–Crippen LogP) is 5.07. The fourth-order valence-electron chi connectivity index (χ4n) is 5.91. The maximum atomic E-state index is 13.2. The average Bonchev–Trinajstić information content (AvgIpc) is 3.61. The second kappa shape index (κ2) is 13.5. The van der Waals surface area contributed by atoms with Crippen LogP contribution in [-0.4, -0.2) is 84.9 Å². The van der Waals surface area contributed by atoms with Crippen molar-refractivity contribution in [1.29, 1.82) is 0 Å². The Balaban J connectivity index is 0.000000201. The Kier molecular flexibility index (Phi) is 9.93. The molecule has 0 unspecified atom stereocenters. The fraction of sp³-hybridized carbons (Fsp3) is 0.235. The van der Waals surface area contributed by atoms with Crippen molar-refractivity contribution in [3.8, 4) is 23.0 Å². The molecule has 6 rings (SSSR count). The zero-order chi connectivity index (χ0) is 38.8. The molecule has 0 bridgehead atoms. The second-order valence-electron chi connectivity index (χ2n) is 11.2. The molecule has 0 aromatic heterocycles. The third-order valence-electron chi connectivity index (χ3n) is 8.49. The van der Waals surface area contributed by atoms with Crippen LogP contribution in [-0.2, 0) is 38.1 Å². The fourth-order valence-corrected chi connectivity index (χ4v) is 6.84. The average molecular weight is 798 g/mol. The number of esters is 2. The first-order valence-electron chi connectivity index (χ1n) is 14.5. The van der Waals surface area contributed by atoms with Gasteiger partial charge in [-0.2, -0.15) is 0 Å². The number of phenolic OH excluding ortho intramolecular Hbond substituents is 2. The van der Waals surface area contributed by atoms with E-state index in [0.717, 1.165) is 38.5 Å². The molecule has 2 N–H and O–H groups in total. The summed E-state index contributed by atoms with van der Waals surface area (Å²) in [6.45, 7) is 3.05. The monoisotopic (exact) mass is 796 g/mol. The predicted molar refractivity (Wildman–Crippen MR) is 182 cm³/mol. The molecular formula is C34H24Cl4O14. The lowest BCUT2D eigenvalue weighted by molar-refractivity contribution is -0.138. The Morgan fingerprint density at radius 2 is 0.923 bits per heavy atom. The number of benzene rings is 2. The van der Waals surface area contributed by atoms with E-state index in [9.17, 15) is 39.0 Å². The van der Waals surface area contributed by atoms with Crippen molar-refractivity contribution < 1.29 is 67.4 Å². The number of Topliss-reactive ketones (excluding diaryl/α,β-unsaturated/α-hetero) is 2. The van der Waals surface area contributed by atoms with Crippen LogP contribution in [0.25, 0.3) is 0 Å². The number of rotatable bonds is 4. The highest BCUT2D eigenvalue weighted by Crippen LogP contribution is 2.56. The minimum Gasteiger partial charge on any atom is -0.505 e. The van der Waals surface area contributed by atoms with E-state index in [1.807, 2.05) is 0 Å². The molecule has 2 aromatic rings. The molecule has 272 valence electrons. The minimum absolute atomic E-state index is 0.00964. The summed E-state index contributed by atoms with van der Waals surface area (Å²) in [5.74, 6) is -6.73. The smallest absolute Gasteiger partial charge is 0.338 e. The molecule has 0 amide bonds. The lowest BCUT2D eigenvalue weighted by atomic mass is 9.81. The Labute approximate surface area is 313 Å². The summed E-state index contributed by atoms with van der Waals surface area (Å²) in [7, 11) is 4.59.